The van der Waals surface area contributed by atoms with Gasteiger partial charge in [0, 0.05) is 25.2 Å². The molecule has 0 radical (unpaired) electrons. The molecular weight excluding hydrogens is 317 g/mol. The Balaban J connectivity index is 2.09. The average molecular weight is 338 g/mol. The minimum atomic E-state index is -0.629. The van der Waals surface area contributed by atoms with Gasteiger partial charge in [0.05, 0.1) is 24.8 Å². The lowest BCUT2D eigenvalue weighted by atomic mass is 10.3. The number of rotatable bonds is 11. The van der Waals surface area contributed by atoms with Crippen molar-refractivity contribution in [2.45, 2.75) is 6.10 Å². The summed E-state index contributed by atoms with van der Waals surface area (Å²) in [6.07, 6.45) is -0.629. The van der Waals surface area contributed by atoms with Crippen LogP contribution in [0.3, 0.4) is 0 Å². The van der Waals surface area contributed by atoms with Gasteiger partial charge in [-0.15, -0.1) is 0 Å². The van der Waals surface area contributed by atoms with Crippen molar-refractivity contribution in [2.75, 3.05) is 46.6 Å². The molecule has 0 spiro atoms. The van der Waals surface area contributed by atoms with Gasteiger partial charge in [0.1, 0.15) is 18.5 Å². The fourth-order valence-corrected chi connectivity index (χ4v) is 1.96. The third-order valence-corrected chi connectivity index (χ3v) is 3.09. The monoisotopic (exact) mass is 337 g/mol. The highest BCUT2D eigenvalue weighted by Gasteiger charge is 2.07. The van der Waals surface area contributed by atoms with E-state index in [2.05, 4.69) is 5.32 Å². The summed E-state index contributed by atoms with van der Waals surface area (Å²) in [6.45, 7) is 2.94. The van der Waals surface area contributed by atoms with Gasteiger partial charge >= 0.3 is 0 Å². The van der Waals surface area contributed by atoms with Crippen LogP contribution in [0.1, 0.15) is 0 Å². The van der Waals surface area contributed by atoms with E-state index < -0.39 is 6.10 Å². The lowest BCUT2D eigenvalue weighted by Gasteiger charge is -2.14. The van der Waals surface area contributed by atoms with Crippen LogP contribution in [-0.2, 0) is 9.47 Å². The summed E-state index contributed by atoms with van der Waals surface area (Å²) >= 11 is 11.8. The molecule has 1 atom stereocenters. The molecule has 7 heteroatoms. The second kappa shape index (κ2) is 11.1. The van der Waals surface area contributed by atoms with Crippen LogP contribution in [0.25, 0.3) is 0 Å². The van der Waals surface area contributed by atoms with Crippen LogP contribution < -0.4 is 10.1 Å². The van der Waals surface area contributed by atoms with Gasteiger partial charge in [0.25, 0.3) is 0 Å². The molecule has 1 aromatic rings. The van der Waals surface area contributed by atoms with Crippen LogP contribution in [0.2, 0.25) is 10.0 Å². The van der Waals surface area contributed by atoms with E-state index in [1.54, 1.807) is 25.3 Å². The van der Waals surface area contributed by atoms with Crippen LogP contribution in [0.4, 0.5) is 0 Å². The van der Waals surface area contributed by atoms with E-state index in [0.29, 0.717) is 48.7 Å². The zero-order valence-corrected chi connectivity index (χ0v) is 13.5. The first-order chi connectivity index (χ1) is 10.1. The number of hydrogen-bond acceptors (Lipinski definition) is 5. The lowest BCUT2D eigenvalue weighted by Crippen LogP contribution is -2.33. The fourth-order valence-electron chi connectivity index (χ4n) is 1.49. The fraction of sp³-hybridized carbons (Fsp3) is 0.571. The molecule has 0 aromatic heterocycles. The molecule has 1 rings (SSSR count). The molecule has 1 aromatic carbocycles. The number of benzene rings is 1. The summed E-state index contributed by atoms with van der Waals surface area (Å²) in [6, 6.07) is 4.96. The van der Waals surface area contributed by atoms with Crippen molar-refractivity contribution >= 4 is 23.2 Å². The molecule has 0 aliphatic heterocycles. The highest BCUT2D eigenvalue weighted by molar-refractivity contribution is 6.35. The van der Waals surface area contributed by atoms with Crippen LogP contribution in [0, 0.1) is 0 Å². The maximum Gasteiger partial charge on any atom is 0.138 e. The number of ether oxygens (including phenoxy) is 3. The van der Waals surface area contributed by atoms with Crippen molar-refractivity contribution in [1.29, 1.82) is 0 Å². The van der Waals surface area contributed by atoms with Gasteiger partial charge < -0.3 is 24.6 Å². The highest BCUT2D eigenvalue weighted by atomic mass is 35.5. The average Bonchev–Trinajstić information content (AvgIpc) is 2.45. The molecule has 1 unspecified atom stereocenters. The third kappa shape index (κ3) is 8.46. The van der Waals surface area contributed by atoms with Gasteiger partial charge in [-0.3, -0.25) is 0 Å². The first kappa shape index (κ1) is 18.5. The number of halogens is 2. The number of aliphatic hydroxyl groups is 1. The summed E-state index contributed by atoms with van der Waals surface area (Å²) in [4.78, 5) is 0. The highest BCUT2D eigenvalue weighted by Crippen LogP contribution is 2.27. The van der Waals surface area contributed by atoms with E-state index in [-0.39, 0.29) is 6.61 Å². The largest absolute Gasteiger partial charge is 0.489 e. The SMILES string of the molecule is COCCOCCNCC(O)COc1ccc(Cl)cc1Cl. The molecule has 0 saturated carbocycles. The van der Waals surface area contributed by atoms with Crippen molar-refractivity contribution in [3.63, 3.8) is 0 Å². The maximum absolute atomic E-state index is 9.78. The first-order valence-electron chi connectivity index (χ1n) is 6.66. The van der Waals surface area contributed by atoms with Gasteiger partial charge in [-0.05, 0) is 18.2 Å². The second-order valence-corrected chi connectivity index (χ2v) is 5.19. The Labute approximate surface area is 135 Å². The summed E-state index contributed by atoms with van der Waals surface area (Å²) in [5, 5.41) is 13.8. The number of nitrogens with one attached hydrogen (secondary N) is 1. The maximum atomic E-state index is 9.78. The summed E-state index contributed by atoms with van der Waals surface area (Å²) < 4.78 is 15.6. The van der Waals surface area contributed by atoms with Gasteiger partial charge in [-0.25, -0.2) is 0 Å². The third-order valence-electron chi connectivity index (χ3n) is 2.56. The molecule has 0 fully saturated rings. The molecular formula is C14H21Cl2NO4. The molecule has 21 heavy (non-hydrogen) atoms. The van der Waals surface area contributed by atoms with Crippen molar-refractivity contribution in [2.24, 2.45) is 0 Å². The summed E-state index contributed by atoms with van der Waals surface area (Å²) in [5.41, 5.74) is 0. The molecule has 0 amide bonds. The molecule has 0 aliphatic carbocycles. The van der Waals surface area contributed by atoms with Gasteiger partial charge in [0.2, 0.25) is 0 Å². The van der Waals surface area contributed by atoms with Crippen molar-refractivity contribution in [1.82, 2.24) is 5.32 Å². The Morgan fingerprint density at radius 2 is 2.05 bits per heavy atom. The van der Waals surface area contributed by atoms with E-state index in [9.17, 15) is 5.11 Å². The van der Waals surface area contributed by atoms with Gasteiger partial charge in [-0.1, -0.05) is 23.2 Å². The van der Waals surface area contributed by atoms with Crippen LogP contribution >= 0.6 is 23.2 Å². The van der Waals surface area contributed by atoms with E-state index in [1.165, 1.54) is 0 Å². The standard InChI is InChI=1S/C14H21Cl2NO4/c1-19-6-7-20-5-4-17-9-12(18)10-21-14-3-2-11(15)8-13(14)16/h2-3,8,12,17-18H,4-7,9-10H2,1H3. The summed E-state index contributed by atoms with van der Waals surface area (Å²) in [7, 11) is 1.63. The number of hydrogen-bond donors (Lipinski definition) is 2. The Hall–Kier alpha value is -0.560. The topological polar surface area (TPSA) is 60.0 Å². The molecule has 2 N–H and O–H groups in total. The molecule has 5 nitrogen and oxygen atoms in total. The normalized spacial score (nSPS) is 12.4. The Kier molecular flexibility index (Phi) is 9.74. The van der Waals surface area contributed by atoms with Gasteiger partial charge in [-0.2, -0.15) is 0 Å². The predicted molar refractivity (Wildman–Crippen MR) is 83.5 cm³/mol. The second-order valence-electron chi connectivity index (χ2n) is 4.35. The molecule has 0 saturated heterocycles. The van der Waals surface area contributed by atoms with E-state index >= 15 is 0 Å². The van der Waals surface area contributed by atoms with Crippen molar-refractivity contribution in [3.8, 4) is 5.75 Å². The Bertz CT molecular complexity index is 407. The van der Waals surface area contributed by atoms with E-state index in [4.69, 9.17) is 37.4 Å². The van der Waals surface area contributed by atoms with E-state index in [1.807, 2.05) is 0 Å². The minimum Gasteiger partial charge on any atom is -0.489 e. The quantitative estimate of drug-likeness (QED) is 0.604. The van der Waals surface area contributed by atoms with Crippen molar-refractivity contribution < 1.29 is 19.3 Å². The first-order valence-corrected chi connectivity index (χ1v) is 7.42. The lowest BCUT2D eigenvalue weighted by molar-refractivity contribution is 0.0679. The Morgan fingerprint density at radius 1 is 1.24 bits per heavy atom. The number of methoxy groups -OCH3 is 1. The van der Waals surface area contributed by atoms with E-state index in [0.717, 1.165) is 0 Å². The minimum absolute atomic E-state index is 0.152. The predicted octanol–water partition coefficient (Wildman–Crippen LogP) is 1.99. The van der Waals surface area contributed by atoms with Gasteiger partial charge in [0.15, 0.2) is 0 Å². The van der Waals surface area contributed by atoms with Crippen LogP contribution in [-0.4, -0.2) is 57.8 Å². The molecule has 0 aliphatic rings. The van der Waals surface area contributed by atoms with Crippen molar-refractivity contribution in [3.05, 3.63) is 28.2 Å². The zero-order valence-electron chi connectivity index (χ0n) is 12.0. The smallest absolute Gasteiger partial charge is 0.138 e. The Morgan fingerprint density at radius 3 is 2.76 bits per heavy atom. The summed E-state index contributed by atoms with van der Waals surface area (Å²) in [5.74, 6) is 0.503. The zero-order chi connectivity index (χ0) is 15.5. The van der Waals surface area contributed by atoms with Crippen LogP contribution in [0.5, 0.6) is 5.75 Å². The molecule has 0 heterocycles. The number of aliphatic hydroxyl groups excluding tert-OH is 1. The van der Waals surface area contributed by atoms with Crippen LogP contribution in [0.15, 0.2) is 18.2 Å². The molecule has 0 bridgehead atoms. The molecule has 120 valence electrons.